The van der Waals surface area contributed by atoms with Crippen molar-refractivity contribution in [2.45, 2.75) is 18.2 Å². The maximum atomic E-state index is 13.8. The standard InChI is InChI=1S/C11H16BrFN2O3S/c1-2-3-15(4-5-16)19(17,18)11-7-10(14)8(12)6-9(11)13/h6-7,16H,2-5,14H2,1H3. The lowest BCUT2D eigenvalue weighted by Gasteiger charge is -2.21. The number of hydrogen-bond acceptors (Lipinski definition) is 4. The number of nitrogen functional groups attached to an aromatic ring is 1. The van der Waals surface area contributed by atoms with E-state index in [0.29, 0.717) is 10.9 Å². The van der Waals surface area contributed by atoms with Gasteiger partial charge in [-0.15, -0.1) is 0 Å². The van der Waals surface area contributed by atoms with E-state index in [4.69, 9.17) is 10.8 Å². The number of nitrogens with two attached hydrogens (primary N) is 1. The van der Waals surface area contributed by atoms with Crippen LogP contribution in [0.5, 0.6) is 0 Å². The summed E-state index contributed by atoms with van der Waals surface area (Å²) in [6.45, 7) is 1.60. The van der Waals surface area contributed by atoms with E-state index in [1.54, 1.807) is 6.92 Å². The number of nitrogens with zero attached hydrogens (tertiary/aromatic N) is 1. The third kappa shape index (κ3) is 3.65. The SMILES string of the molecule is CCCN(CCO)S(=O)(=O)c1cc(N)c(Br)cc1F. The molecule has 0 fully saturated rings. The first-order valence-electron chi connectivity index (χ1n) is 5.70. The van der Waals surface area contributed by atoms with Crippen LogP contribution in [-0.4, -0.2) is 37.5 Å². The van der Waals surface area contributed by atoms with Gasteiger partial charge in [0.1, 0.15) is 10.7 Å². The van der Waals surface area contributed by atoms with Crippen molar-refractivity contribution in [3.8, 4) is 0 Å². The maximum Gasteiger partial charge on any atom is 0.246 e. The largest absolute Gasteiger partial charge is 0.398 e. The van der Waals surface area contributed by atoms with Gasteiger partial charge in [-0.2, -0.15) is 4.31 Å². The Labute approximate surface area is 120 Å². The van der Waals surface area contributed by atoms with Crippen molar-refractivity contribution in [1.82, 2.24) is 4.31 Å². The van der Waals surface area contributed by atoms with Crippen molar-refractivity contribution >= 4 is 31.6 Å². The van der Waals surface area contributed by atoms with Crippen LogP contribution in [0.15, 0.2) is 21.5 Å². The Hall–Kier alpha value is -0.700. The lowest BCUT2D eigenvalue weighted by molar-refractivity contribution is 0.253. The number of aliphatic hydroxyl groups excluding tert-OH is 1. The normalized spacial score (nSPS) is 12.1. The second-order valence-electron chi connectivity index (χ2n) is 3.93. The Morgan fingerprint density at radius 2 is 2.05 bits per heavy atom. The highest BCUT2D eigenvalue weighted by atomic mass is 79.9. The zero-order valence-electron chi connectivity index (χ0n) is 10.4. The first kappa shape index (κ1) is 16.4. The molecule has 0 unspecified atom stereocenters. The van der Waals surface area contributed by atoms with E-state index >= 15 is 0 Å². The summed E-state index contributed by atoms with van der Waals surface area (Å²) >= 11 is 3.03. The highest BCUT2D eigenvalue weighted by molar-refractivity contribution is 9.10. The molecule has 19 heavy (non-hydrogen) atoms. The van der Waals surface area contributed by atoms with Crippen LogP contribution in [0, 0.1) is 5.82 Å². The molecule has 0 amide bonds. The summed E-state index contributed by atoms with van der Waals surface area (Å²) in [4.78, 5) is -0.477. The molecule has 1 aromatic carbocycles. The molecule has 0 saturated heterocycles. The number of hydrogen-bond donors (Lipinski definition) is 2. The van der Waals surface area contributed by atoms with Gasteiger partial charge >= 0.3 is 0 Å². The summed E-state index contributed by atoms with van der Waals surface area (Å²) in [7, 11) is -4.00. The lowest BCUT2D eigenvalue weighted by Crippen LogP contribution is -2.34. The zero-order valence-corrected chi connectivity index (χ0v) is 12.8. The van der Waals surface area contributed by atoms with E-state index < -0.39 is 20.7 Å². The van der Waals surface area contributed by atoms with Crippen LogP contribution in [0.4, 0.5) is 10.1 Å². The monoisotopic (exact) mass is 354 g/mol. The van der Waals surface area contributed by atoms with Crippen LogP contribution in [0.25, 0.3) is 0 Å². The minimum atomic E-state index is -4.00. The molecule has 0 aromatic heterocycles. The van der Waals surface area contributed by atoms with Crippen LogP contribution in [0.3, 0.4) is 0 Å². The fourth-order valence-electron chi connectivity index (χ4n) is 1.59. The average Bonchev–Trinajstić information content (AvgIpc) is 2.33. The number of sulfonamides is 1. The van der Waals surface area contributed by atoms with Crippen LogP contribution in [-0.2, 0) is 10.0 Å². The third-order valence-electron chi connectivity index (χ3n) is 2.49. The van der Waals surface area contributed by atoms with Crippen LogP contribution >= 0.6 is 15.9 Å². The van der Waals surface area contributed by atoms with Gasteiger partial charge in [0.15, 0.2) is 0 Å². The Balaban J connectivity index is 3.28. The van der Waals surface area contributed by atoms with Crippen LogP contribution in [0.2, 0.25) is 0 Å². The molecule has 5 nitrogen and oxygen atoms in total. The fraction of sp³-hybridized carbons (Fsp3) is 0.455. The Morgan fingerprint density at radius 1 is 1.42 bits per heavy atom. The summed E-state index contributed by atoms with van der Waals surface area (Å²) in [6, 6.07) is 2.10. The highest BCUT2D eigenvalue weighted by Gasteiger charge is 2.27. The molecule has 0 saturated carbocycles. The average molecular weight is 355 g/mol. The third-order valence-corrected chi connectivity index (χ3v) is 5.09. The Bertz CT molecular complexity index is 545. The molecular weight excluding hydrogens is 339 g/mol. The molecule has 0 atom stereocenters. The van der Waals surface area contributed by atoms with Gasteiger partial charge < -0.3 is 10.8 Å². The molecule has 1 aromatic rings. The van der Waals surface area contributed by atoms with Gasteiger partial charge in [-0.05, 0) is 34.5 Å². The van der Waals surface area contributed by atoms with Crippen LogP contribution < -0.4 is 5.73 Å². The lowest BCUT2D eigenvalue weighted by atomic mass is 10.3. The van der Waals surface area contributed by atoms with E-state index in [1.165, 1.54) is 0 Å². The molecule has 0 bridgehead atoms. The Morgan fingerprint density at radius 3 is 2.58 bits per heavy atom. The molecule has 0 radical (unpaired) electrons. The van der Waals surface area contributed by atoms with Gasteiger partial charge in [0.05, 0.1) is 6.61 Å². The van der Waals surface area contributed by atoms with E-state index in [-0.39, 0.29) is 25.4 Å². The molecule has 1 rings (SSSR count). The smallest absolute Gasteiger partial charge is 0.246 e. The Kier molecular flexibility index (Phi) is 5.72. The second-order valence-corrected chi connectivity index (χ2v) is 6.69. The first-order valence-corrected chi connectivity index (χ1v) is 7.93. The van der Waals surface area contributed by atoms with Gasteiger partial charge in [-0.3, -0.25) is 0 Å². The van der Waals surface area contributed by atoms with Crippen molar-refractivity contribution in [3.63, 3.8) is 0 Å². The molecule has 0 heterocycles. The van der Waals surface area contributed by atoms with Crippen molar-refractivity contribution in [2.75, 3.05) is 25.4 Å². The number of aliphatic hydroxyl groups is 1. The van der Waals surface area contributed by atoms with Gasteiger partial charge in [0.2, 0.25) is 10.0 Å². The van der Waals surface area contributed by atoms with E-state index in [1.807, 2.05) is 0 Å². The molecule has 108 valence electrons. The van der Waals surface area contributed by atoms with Crippen molar-refractivity contribution in [3.05, 3.63) is 22.4 Å². The van der Waals surface area contributed by atoms with Crippen molar-refractivity contribution in [1.29, 1.82) is 0 Å². The first-order chi connectivity index (χ1) is 8.84. The number of rotatable bonds is 6. The number of anilines is 1. The van der Waals surface area contributed by atoms with Gasteiger partial charge in [-0.1, -0.05) is 6.92 Å². The van der Waals surface area contributed by atoms with Crippen molar-refractivity contribution in [2.24, 2.45) is 0 Å². The van der Waals surface area contributed by atoms with E-state index in [9.17, 15) is 12.8 Å². The molecular formula is C11H16BrFN2O3S. The second kappa shape index (κ2) is 6.65. The number of halogens is 2. The van der Waals surface area contributed by atoms with Gasteiger partial charge in [0.25, 0.3) is 0 Å². The minimum absolute atomic E-state index is 0.0778. The van der Waals surface area contributed by atoms with Gasteiger partial charge in [0, 0.05) is 23.2 Å². The molecule has 0 aliphatic rings. The summed E-state index contributed by atoms with van der Waals surface area (Å²) in [5.41, 5.74) is 5.73. The maximum absolute atomic E-state index is 13.8. The molecule has 0 spiro atoms. The van der Waals surface area contributed by atoms with E-state index in [2.05, 4.69) is 15.9 Å². The quantitative estimate of drug-likeness (QED) is 0.759. The summed E-state index contributed by atoms with van der Waals surface area (Å²) in [5.74, 6) is -0.875. The van der Waals surface area contributed by atoms with Crippen molar-refractivity contribution < 1.29 is 17.9 Å². The molecule has 8 heteroatoms. The summed E-state index contributed by atoms with van der Waals surface area (Å²) < 4.78 is 39.8. The molecule has 3 N–H and O–H groups in total. The van der Waals surface area contributed by atoms with Crippen LogP contribution in [0.1, 0.15) is 13.3 Å². The predicted octanol–water partition coefficient (Wildman–Crippen LogP) is 1.56. The minimum Gasteiger partial charge on any atom is -0.398 e. The molecule has 0 aliphatic heterocycles. The highest BCUT2D eigenvalue weighted by Crippen LogP contribution is 2.28. The summed E-state index contributed by atoms with van der Waals surface area (Å²) in [6.07, 6.45) is 0.562. The fourth-order valence-corrected chi connectivity index (χ4v) is 3.51. The topological polar surface area (TPSA) is 83.6 Å². The zero-order chi connectivity index (χ0) is 14.6. The van der Waals surface area contributed by atoms with E-state index in [0.717, 1.165) is 16.4 Å². The number of benzene rings is 1. The summed E-state index contributed by atoms with van der Waals surface area (Å²) in [5, 5.41) is 8.91. The van der Waals surface area contributed by atoms with Gasteiger partial charge in [-0.25, -0.2) is 12.8 Å². The molecule has 0 aliphatic carbocycles. The predicted molar refractivity (Wildman–Crippen MR) is 74.6 cm³/mol.